The molecular formula is C19H25NO3. The summed E-state index contributed by atoms with van der Waals surface area (Å²) in [4.78, 5) is 25.9. The molecule has 23 heavy (non-hydrogen) atoms. The Bertz CT molecular complexity index is 619. The third kappa shape index (κ3) is 2.54. The molecule has 2 fully saturated rings. The molecule has 1 aliphatic heterocycles. The molecule has 1 aliphatic carbocycles. The highest BCUT2D eigenvalue weighted by molar-refractivity contribution is 6.17. The van der Waals surface area contributed by atoms with Gasteiger partial charge in [0, 0.05) is 5.56 Å². The quantitative estimate of drug-likeness (QED) is 0.872. The van der Waals surface area contributed by atoms with Crippen molar-refractivity contribution in [2.75, 3.05) is 7.11 Å². The van der Waals surface area contributed by atoms with E-state index in [2.05, 4.69) is 11.4 Å². The van der Waals surface area contributed by atoms with Crippen LogP contribution >= 0.6 is 0 Å². The van der Waals surface area contributed by atoms with Crippen LogP contribution in [-0.4, -0.2) is 24.3 Å². The van der Waals surface area contributed by atoms with Crippen molar-refractivity contribution in [3.63, 3.8) is 0 Å². The van der Waals surface area contributed by atoms with Gasteiger partial charge in [-0.25, -0.2) is 0 Å². The van der Waals surface area contributed by atoms with Crippen molar-refractivity contribution < 1.29 is 14.3 Å². The van der Waals surface area contributed by atoms with Gasteiger partial charge in [0.25, 0.3) is 0 Å². The van der Waals surface area contributed by atoms with Crippen molar-refractivity contribution in [3.8, 4) is 5.75 Å². The Labute approximate surface area is 137 Å². The van der Waals surface area contributed by atoms with Crippen LogP contribution in [-0.2, 0) is 16.0 Å². The van der Waals surface area contributed by atoms with Crippen molar-refractivity contribution in [2.45, 2.75) is 63.8 Å². The van der Waals surface area contributed by atoms with Gasteiger partial charge >= 0.3 is 0 Å². The third-order valence-corrected chi connectivity index (χ3v) is 5.33. The molecule has 3 rings (SSSR count). The van der Waals surface area contributed by atoms with E-state index in [1.807, 2.05) is 19.9 Å². The molecule has 1 saturated carbocycles. The Morgan fingerprint density at radius 3 is 2.52 bits per heavy atom. The van der Waals surface area contributed by atoms with Crippen LogP contribution < -0.4 is 10.1 Å². The van der Waals surface area contributed by atoms with Crippen LogP contribution in [0, 0.1) is 6.92 Å². The molecule has 124 valence electrons. The second kappa shape index (κ2) is 5.99. The van der Waals surface area contributed by atoms with Gasteiger partial charge < -0.3 is 10.1 Å². The number of carbonyl (C=O) groups is 2. The van der Waals surface area contributed by atoms with Crippen molar-refractivity contribution in [3.05, 3.63) is 28.8 Å². The molecule has 1 aromatic rings. The minimum absolute atomic E-state index is 0.0408. The van der Waals surface area contributed by atoms with Crippen molar-refractivity contribution in [1.29, 1.82) is 0 Å². The highest BCUT2D eigenvalue weighted by atomic mass is 16.5. The molecule has 1 unspecified atom stereocenters. The van der Waals surface area contributed by atoms with E-state index in [0.717, 1.165) is 55.2 Å². The van der Waals surface area contributed by atoms with E-state index in [1.165, 1.54) is 0 Å². The molecule has 1 heterocycles. The van der Waals surface area contributed by atoms with Crippen LogP contribution in [0.5, 0.6) is 5.75 Å². The number of Topliss-reactive ketones (excluding diaryl/α,β-unsaturated/α-hetero) is 1. The Balaban J connectivity index is 2.08. The average molecular weight is 315 g/mol. The van der Waals surface area contributed by atoms with Gasteiger partial charge in [0.1, 0.15) is 11.7 Å². The Kier molecular flexibility index (Phi) is 4.17. The summed E-state index contributed by atoms with van der Waals surface area (Å²) in [7, 11) is 1.60. The van der Waals surface area contributed by atoms with Crippen LogP contribution in [0.3, 0.4) is 0 Å². The number of benzene rings is 1. The fourth-order valence-corrected chi connectivity index (χ4v) is 4.18. The van der Waals surface area contributed by atoms with E-state index >= 15 is 0 Å². The van der Waals surface area contributed by atoms with Gasteiger partial charge in [0.2, 0.25) is 5.91 Å². The normalized spacial score (nSPS) is 23.2. The second-order valence-electron chi connectivity index (χ2n) is 6.82. The largest absolute Gasteiger partial charge is 0.496 e. The predicted octanol–water partition coefficient (Wildman–Crippen LogP) is 3.05. The van der Waals surface area contributed by atoms with E-state index < -0.39 is 11.5 Å². The topological polar surface area (TPSA) is 55.4 Å². The van der Waals surface area contributed by atoms with E-state index in [-0.39, 0.29) is 11.7 Å². The van der Waals surface area contributed by atoms with E-state index in [1.54, 1.807) is 7.11 Å². The fourth-order valence-electron chi connectivity index (χ4n) is 4.18. The zero-order chi connectivity index (χ0) is 16.6. The summed E-state index contributed by atoms with van der Waals surface area (Å²) < 4.78 is 5.52. The lowest BCUT2D eigenvalue weighted by Gasteiger charge is -2.31. The zero-order valence-corrected chi connectivity index (χ0v) is 14.2. The van der Waals surface area contributed by atoms with Gasteiger partial charge in [-0.3, -0.25) is 9.59 Å². The summed E-state index contributed by atoms with van der Waals surface area (Å²) >= 11 is 0. The Hall–Kier alpha value is -1.84. The molecule has 4 nitrogen and oxygen atoms in total. The maximum Gasteiger partial charge on any atom is 0.236 e. The number of amides is 1. The van der Waals surface area contributed by atoms with Crippen LogP contribution in [0.25, 0.3) is 0 Å². The van der Waals surface area contributed by atoms with Gasteiger partial charge in [0.15, 0.2) is 5.78 Å². The maximum atomic E-state index is 13.2. The van der Waals surface area contributed by atoms with Gasteiger partial charge in [-0.05, 0) is 43.4 Å². The predicted molar refractivity (Wildman–Crippen MR) is 88.8 cm³/mol. The van der Waals surface area contributed by atoms with Crippen LogP contribution in [0.2, 0.25) is 0 Å². The van der Waals surface area contributed by atoms with E-state index in [9.17, 15) is 9.59 Å². The molecule has 1 saturated heterocycles. The molecule has 1 atom stereocenters. The summed E-state index contributed by atoms with van der Waals surface area (Å²) in [5.41, 5.74) is 2.25. The molecule has 2 aliphatic rings. The molecule has 1 spiro atoms. The first-order valence-electron chi connectivity index (χ1n) is 8.56. The molecule has 0 radical (unpaired) electrons. The lowest BCUT2D eigenvalue weighted by atomic mass is 9.76. The van der Waals surface area contributed by atoms with E-state index in [4.69, 9.17) is 4.74 Å². The number of hydrogen-bond acceptors (Lipinski definition) is 3. The lowest BCUT2D eigenvalue weighted by Crippen LogP contribution is -2.47. The molecule has 0 aromatic heterocycles. The molecule has 1 amide bonds. The minimum atomic E-state index is -0.724. The number of ether oxygens (including phenoxy) is 1. The molecule has 1 aromatic carbocycles. The summed E-state index contributed by atoms with van der Waals surface area (Å²) in [6.07, 6.45) is 5.46. The molecule has 1 N–H and O–H groups in total. The molecular weight excluding hydrogens is 290 g/mol. The van der Waals surface area contributed by atoms with Crippen LogP contribution in [0.4, 0.5) is 0 Å². The zero-order valence-electron chi connectivity index (χ0n) is 14.2. The molecule has 0 bridgehead atoms. The summed E-state index contributed by atoms with van der Waals surface area (Å²) in [6, 6.07) is 3.98. The van der Waals surface area contributed by atoms with Gasteiger partial charge in [-0.15, -0.1) is 0 Å². The Morgan fingerprint density at radius 1 is 1.22 bits per heavy atom. The monoisotopic (exact) mass is 315 g/mol. The number of methoxy groups -OCH3 is 1. The SMILES string of the molecule is CCc1cc(C)cc(OC)c1C1C(=O)NC2(CCCCC2)C1=O. The standard InChI is InChI=1S/C19H25NO3/c1-4-13-10-12(2)11-14(23-3)15(13)16-17(21)19(20-18(16)22)8-6-5-7-9-19/h10-11,16H,4-9H2,1-3H3,(H,20,22). The van der Waals surface area contributed by atoms with Crippen LogP contribution in [0.15, 0.2) is 12.1 Å². The second-order valence-corrected chi connectivity index (χ2v) is 6.82. The third-order valence-electron chi connectivity index (χ3n) is 5.33. The Morgan fingerprint density at radius 2 is 1.91 bits per heavy atom. The number of nitrogens with one attached hydrogen (secondary N) is 1. The number of ketones is 1. The minimum Gasteiger partial charge on any atom is -0.496 e. The first-order valence-corrected chi connectivity index (χ1v) is 8.56. The summed E-state index contributed by atoms with van der Waals surface area (Å²) in [5.74, 6) is -0.186. The fraction of sp³-hybridized carbons (Fsp3) is 0.579. The molecule has 4 heteroatoms. The number of aryl methyl sites for hydroxylation is 2. The van der Waals surface area contributed by atoms with Crippen LogP contribution in [0.1, 0.15) is 61.6 Å². The first kappa shape index (κ1) is 16.0. The highest BCUT2D eigenvalue weighted by Crippen LogP contribution is 2.42. The van der Waals surface area contributed by atoms with Gasteiger partial charge in [-0.2, -0.15) is 0 Å². The highest BCUT2D eigenvalue weighted by Gasteiger charge is 2.54. The van der Waals surface area contributed by atoms with Crippen molar-refractivity contribution >= 4 is 11.7 Å². The number of carbonyl (C=O) groups excluding carboxylic acids is 2. The summed E-state index contributed by atoms with van der Waals surface area (Å²) in [6.45, 7) is 4.05. The van der Waals surface area contributed by atoms with Crippen molar-refractivity contribution in [2.24, 2.45) is 0 Å². The summed E-state index contributed by atoms with van der Waals surface area (Å²) in [5, 5.41) is 3.04. The van der Waals surface area contributed by atoms with Crippen molar-refractivity contribution in [1.82, 2.24) is 5.32 Å². The van der Waals surface area contributed by atoms with E-state index in [0.29, 0.717) is 5.75 Å². The number of hydrogen-bond donors (Lipinski definition) is 1. The first-order chi connectivity index (χ1) is 11.0. The van der Waals surface area contributed by atoms with Gasteiger partial charge in [0.05, 0.1) is 12.6 Å². The van der Waals surface area contributed by atoms with Gasteiger partial charge in [-0.1, -0.05) is 32.3 Å². The number of rotatable bonds is 3. The average Bonchev–Trinajstić information content (AvgIpc) is 2.78. The smallest absolute Gasteiger partial charge is 0.236 e. The maximum absolute atomic E-state index is 13.2. The lowest BCUT2D eigenvalue weighted by molar-refractivity contribution is -0.125.